The number of aromatic nitrogens is 3. The van der Waals surface area contributed by atoms with Crippen LogP contribution in [0.1, 0.15) is 31.2 Å². The molecule has 2 aromatic heterocycles. The number of fused-ring (bicyclic) bond motifs is 1. The van der Waals surface area contributed by atoms with Gasteiger partial charge in [-0.1, -0.05) is 0 Å². The summed E-state index contributed by atoms with van der Waals surface area (Å²) in [6, 6.07) is 2.46. The van der Waals surface area contributed by atoms with Crippen molar-refractivity contribution in [2.75, 3.05) is 30.9 Å². The summed E-state index contributed by atoms with van der Waals surface area (Å²) in [5.74, 6) is -0.437. The van der Waals surface area contributed by atoms with E-state index in [1.807, 2.05) is 0 Å². The van der Waals surface area contributed by atoms with Crippen molar-refractivity contribution in [3.63, 3.8) is 0 Å². The first-order valence-electron chi connectivity index (χ1n) is 12.0. The number of aromatic amines is 1. The fraction of sp³-hybridized carbons (Fsp3) is 0.458. The normalized spacial score (nSPS) is 18.7. The number of carbonyl (C=O) groups excluding carboxylic acids is 1. The van der Waals surface area contributed by atoms with Gasteiger partial charge in [0, 0.05) is 41.5 Å². The minimum atomic E-state index is -4.82. The molecule has 1 saturated heterocycles. The second kappa shape index (κ2) is 9.77. The number of halogens is 6. The lowest BCUT2D eigenvalue weighted by Gasteiger charge is -2.30. The summed E-state index contributed by atoms with van der Waals surface area (Å²) < 4.78 is 90.2. The molecule has 4 N–H and O–H groups in total. The average molecular weight is 558 g/mol. The van der Waals surface area contributed by atoms with Gasteiger partial charge in [0.25, 0.3) is 0 Å². The number of anilines is 2. The molecule has 0 bridgehead atoms. The van der Waals surface area contributed by atoms with Crippen LogP contribution in [-0.2, 0) is 10.9 Å². The van der Waals surface area contributed by atoms with Crippen LogP contribution in [0.4, 0.5) is 42.8 Å². The maximum absolute atomic E-state index is 14.0. The van der Waals surface area contributed by atoms with Gasteiger partial charge in [0.2, 0.25) is 5.95 Å². The van der Waals surface area contributed by atoms with Crippen LogP contribution < -0.4 is 20.7 Å². The van der Waals surface area contributed by atoms with Crippen LogP contribution in [0.3, 0.4) is 0 Å². The van der Waals surface area contributed by atoms with E-state index < -0.39 is 42.1 Å². The molecule has 15 heteroatoms. The van der Waals surface area contributed by atoms with Crippen molar-refractivity contribution < 1.29 is 40.6 Å². The van der Waals surface area contributed by atoms with E-state index in [4.69, 9.17) is 4.74 Å². The summed E-state index contributed by atoms with van der Waals surface area (Å²) in [5, 5.41) is 8.88. The molecule has 2 fully saturated rings. The zero-order valence-electron chi connectivity index (χ0n) is 20.5. The molecule has 3 heterocycles. The number of alkyl halides is 6. The first-order chi connectivity index (χ1) is 18.4. The highest BCUT2D eigenvalue weighted by molar-refractivity contribution is 6.03. The number of amides is 1. The van der Waals surface area contributed by atoms with Crippen molar-refractivity contribution in [3.05, 3.63) is 30.1 Å². The number of benzene rings is 1. The number of methoxy groups -OCH3 is 1. The number of hydrogen-bond donors (Lipinski definition) is 4. The number of ether oxygens (including phenoxy) is 2. The third kappa shape index (κ3) is 5.82. The lowest BCUT2D eigenvalue weighted by atomic mass is 9.99. The van der Waals surface area contributed by atoms with Crippen molar-refractivity contribution >= 4 is 28.6 Å². The van der Waals surface area contributed by atoms with Crippen molar-refractivity contribution in [3.8, 4) is 17.0 Å². The molecule has 1 amide bonds. The first-order valence-corrected chi connectivity index (χ1v) is 12.0. The number of hydrogen-bond acceptors (Lipinski definition) is 7. The van der Waals surface area contributed by atoms with Crippen LogP contribution in [0, 0.1) is 0 Å². The molecule has 5 rings (SSSR count). The largest absolute Gasteiger partial charge is 0.480 e. The fourth-order valence-electron chi connectivity index (χ4n) is 4.66. The van der Waals surface area contributed by atoms with E-state index in [0.29, 0.717) is 12.7 Å². The van der Waals surface area contributed by atoms with Gasteiger partial charge in [-0.15, -0.1) is 0 Å². The van der Waals surface area contributed by atoms with Crippen LogP contribution in [0.25, 0.3) is 22.2 Å². The second-order valence-electron chi connectivity index (χ2n) is 9.58. The molecule has 1 atom stereocenters. The van der Waals surface area contributed by atoms with E-state index in [1.165, 1.54) is 18.3 Å². The molecular weight excluding hydrogens is 534 g/mol. The monoisotopic (exact) mass is 558 g/mol. The summed E-state index contributed by atoms with van der Waals surface area (Å²) in [4.78, 5) is 22.5. The molecule has 0 unspecified atom stereocenters. The van der Waals surface area contributed by atoms with E-state index in [9.17, 15) is 31.1 Å². The Labute approximate surface area is 217 Å². The second-order valence-corrected chi connectivity index (χ2v) is 9.58. The van der Waals surface area contributed by atoms with Gasteiger partial charge in [-0.25, -0.2) is 14.8 Å². The first kappa shape index (κ1) is 26.8. The minimum absolute atomic E-state index is 0.0107. The molecule has 3 aromatic rings. The van der Waals surface area contributed by atoms with Gasteiger partial charge in [-0.2, -0.15) is 26.3 Å². The Morgan fingerprint density at radius 1 is 1.18 bits per heavy atom. The summed E-state index contributed by atoms with van der Waals surface area (Å²) in [6.07, 6.45) is -4.70. The molecule has 1 aromatic carbocycles. The Balaban J connectivity index is 1.54. The predicted octanol–water partition coefficient (Wildman–Crippen LogP) is 5.46. The van der Waals surface area contributed by atoms with Crippen LogP contribution in [0.5, 0.6) is 5.75 Å². The Morgan fingerprint density at radius 3 is 2.56 bits per heavy atom. The average Bonchev–Trinajstić information content (AvgIpc) is 3.49. The molecular formula is C24H24F6N6O3. The molecule has 210 valence electrons. The highest BCUT2D eigenvalue weighted by atomic mass is 19.4. The van der Waals surface area contributed by atoms with E-state index in [0.717, 1.165) is 32.8 Å². The Kier molecular flexibility index (Phi) is 6.73. The van der Waals surface area contributed by atoms with Gasteiger partial charge >= 0.3 is 18.4 Å². The van der Waals surface area contributed by atoms with Gasteiger partial charge in [-0.05, 0) is 37.8 Å². The van der Waals surface area contributed by atoms with Gasteiger partial charge in [0.15, 0.2) is 12.4 Å². The highest BCUT2D eigenvalue weighted by Gasteiger charge is 2.45. The third-order valence-corrected chi connectivity index (χ3v) is 6.84. The molecule has 2 aliphatic rings. The van der Waals surface area contributed by atoms with Crippen molar-refractivity contribution in [2.45, 2.75) is 49.6 Å². The quantitative estimate of drug-likeness (QED) is 0.297. The zero-order chi connectivity index (χ0) is 28.0. The van der Waals surface area contributed by atoms with Crippen molar-refractivity contribution in [1.29, 1.82) is 0 Å². The lowest BCUT2D eigenvalue weighted by Crippen LogP contribution is -2.46. The number of H-pyrrole nitrogens is 1. The fourth-order valence-corrected chi connectivity index (χ4v) is 4.66. The number of carbonyl (C=O) groups is 1. The summed E-state index contributed by atoms with van der Waals surface area (Å²) in [7, 11) is 1.06. The minimum Gasteiger partial charge on any atom is -0.480 e. The molecule has 1 aliphatic heterocycles. The van der Waals surface area contributed by atoms with Crippen LogP contribution in [-0.4, -0.2) is 59.1 Å². The van der Waals surface area contributed by atoms with Gasteiger partial charge < -0.3 is 25.1 Å². The molecule has 9 nitrogen and oxygen atoms in total. The number of nitrogens with one attached hydrogen (secondary N) is 4. The molecule has 1 saturated carbocycles. The molecule has 1 spiro atoms. The summed E-state index contributed by atoms with van der Waals surface area (Å²) in [6.45, 7) is -1.09. The highest BCUT2D eigenvalue weighted by Crippen LogP contribution is 2.44. The molecule has 39 heavy (non-hydrogen) atoms. The number of nitrogens with zero attached hydrogens (tertiary/aromatic N) is 2. The Bertz CT molecular complexity index is 1380. The topological polar surface area (TPSA) is 113 Å². The van der Waals surface area contributed by atoms with Gasteiger partial charge in [0.05, 0.1) is 24.0 Å². The Morgan fingerprint density at radius 2 is 1.95 bits per heavy atom. The van der Waals surface area contributed by atoms with E-state index in [1.54, 1.807) is 0 Å². The third-order valence-electron chi connectivity index (χ3n) is 6.84. The standard InChI is InChI=1S/C24H24F6N6O3/c1-38-21(37)35-16-3-2-13-14(9-31-18(13)19(16)39-11-23(25,26)27)17-15(24(28,29)30)10-32-20(36-17)34-12-4-5-22(6-7-22)33-8-12/h2-3,9-10,12,31,33H,4-8,11H2,1H3,(H,35,37)(H,32,34,36)/t12-/m0/s1. The number of rotatable bonds is 6. The molecule has 0 radical (unpaired) electrons. The maximum atomic E-state index is 14.0. The van der Waals surface area contributed by atoms with Crippen molar-refractivity contribution in [2.24, 2.45) is 0 Å². The van der Waals surface area contributed by atoms with Crippen LogP contribution >= 0.6 is 0 Å². The molecule has 1 aliphatic carbocycles. The van der Waals surface area contributed by atoms with E-state index >= 15 is 0 Å². The van der Waals surface area contributed by atoms with Crippen LogP contribution in [0.2, 0.25) is 0 Å². The zero-order valence-corrected chi connectivity index (χ0v) is 20.5. The van der Waals surface area contributed by atoms with Crippen molar-refractivity contribution in [1.82, 2.24) is 20.3 Å². The predicted molar refractivity (Wildman–Crippen MR) is 129 cm³/mol. The lowest BCUT2D eigenvalue weighted by molar-refractivity contribution is -0.153. The SMILES string of the molecule is COC(=O)Nc1ccc2c(-c3nc(N[C@H]4CCC5(CC5)NC4)ncc3C(F)(F)F)c[nH]c2c1OCC(F)(F)F. The Hall–Kier alpha value is -3.75. The van der Waals surface area contributed by atoms with Gasteiger partial charge in [0.1, 0.15) is 5.56 Å². The van der Waals surface area contributed by atoms with Gasteiger partial charge in [-0.3, -0.25) is 5.32 Å². The number of piperidine rings is 1. The van der Waals surface area contributed by atoms with E-state index in [-0.39, 0.29) is 39.7 Å². The summed E-state index contributed by atoms with van der Waals surface area (Å²) >= 11 is 0. The van der Waals surface area contributed by atoms with E-state index in [2.05, 4.69) is 35.6 Å². The smallest absolute Gasteiger partial charge is 0.422 e. The summed E-state index contributed by atoms with van der Waals surface area (Å²) in [5.41, 5.74) is -1.70. The van der Waals surface area contributed by atoms with Crippen LogP contribution in [0.15, 0.2) is 24.5 Å². The maximum Gasteiger partial charge on any atom is 0.422 e.